The van der Waals surface area contributed by atoms with Gasteiger partial charge in [-0.25, -0.2) is 4.98 Å². The molecule has 1 aromatic heterocycles. The van der Waals surface area contributed by atoms with Crippen molar-refractivity contribution in [1.29, 1.82) is 0 Å². The van der Waals surface area contributed by atoms with Crippen molar-refractivity contribution in [3.05, 3.63) is 48.3 Å². The second-order valence-electron chi connectivity index (χ2n) is 3.94. The van der Waals surface area contributed by atoms with Gasteiger partial charge in [0.2, 0.25) is 0 Å². The summed E-state index contributed by atoms with van der Waals surface area (Å²) in [7, 11) is 0. The Morgan fingerprint density at radius 2 is 2.00 bits per heavy atom. The maximum Gasteiger partial charge on any atom is 0.145 e. The van der Waals surface area contributed by atoms with Crippen LogP contribution in [0, 0.1) is 0 Å². The molecular formula is C14H17N3S. The van der Waals surface area contributed by atoms with Gasteiger partial charge in [-0.1, -0.05) is 37.3 Å². The first-order valence-electron chi connectivity index (χ1n) is 6.11. The minimum Gasteiger partial charge on any atom is -0.369 e. The molecule has 0 saturated carbocycles. The highest BCUT2D eigenvalue weighted by Crippen LogP contribution is 2.20. The molecule has 18 heavy (non-hydrogen) atoms. The quantitative estimate of drug-likeness (QED) is 0.804. The summed E-state index contributed by atoms with van der Waals surface area (Å²) in [6.45, 7) is 3.07. The molecule has 0 saturated heterocycles. The van der Waals surface area contributed by atoms with Crippen LogP contribution in [-0.2, 0) is 5.75 Å². The molecule has 0 spiro atoms. The Kier molecular flexibility index (Phi) is 5.02. The Morgan fingerprint density at radius 1 is 1.17 bits per heavy atom. The van der Waals surface area contributed by atoms with Crippen LogP contribution in [0.4, 0.5) is 5.82 Å². The van der Waals surface area contributed by atoms with Crippen molar-refractivity contribution in [3.8, 4) is 0 Å². The van der Waals surface area contributed by atoms with E-state index in [2.05, 4.69) is 46.5 Å². The summed E-state index contributed by atoms with van der Waals surface area (Å²) in [5, 5.41) is 4.20. The Bertz CT molecular complexity index is 473. The molecule has 3 nitrogen and oxygen atoms in total. The molecule has 0 aliphatic heterocycles. The fourth-order valence-electron chi connectivity index (χ4n) is 1.49. The van der Waals surface area contributed by atoms with E-state index in [4.69, 9.17) is 0 Å². The number of benzene rings is 1. The summed E-state index contributed by atoms with van der Waals surface area (Å²) < 4.78 is 0. The normalized spacial score (nSPS) is 10.3. The predicted molar refractivity (Wildman–Crippen MR) is 76.8 cm³/mol. The van der Waals surface area contributed by atoms with Gasteiger partial charge in [0.15, 0.2) is 0 Å². The third-order valence-electron chi connectivity index (χ3n) is 2.40. The van der Waals surface area contributed by atoms with Crippen LogP contribution < -0.4 is 5.32 Å². The fraction of sp³-hybridized carbons (Fsp3) is 0.286. The Hall–Kier alpha value is -1.55. The number of hydrogen-bond donors (Lipinski definition) is 1. The van der Waals surface area contributed by atoms with E-state index in [1.54, 1.807) is 18.0 Å². The second-order valence-corrected chi connectivity index (χ2v) is 4.94. The first-order chi connectivity index (χ1) is 8.88. The van der Waals surface area contributed by atoms with Crippen LogP contribution in [-0.4, -0.2) is 16.5 Å². The maximum atomic E-state index is 4.51. The number of nitrogens with one attached hydrogen (secondary N) is 1. The summed E-state index contributed by atoms with van der Waals surface area (Å²) >= 11 is 1.71. The van der Waals surface area contributed by atoms with Gasteiger partial charge in [-0.2, -0.15) is 0 Å². The lowest BCUT2D eigenvalue weighted by Gasteiger charge is -2.05. The third-order valence-corrected chi connectivity index (χ3v) is 3.37. The lowest BCUT2D eigenvalue weighted by atomic mass is 10.2. The van der Waals surface area contributed by atoms with Crippen molar-refractivity contribution in [3.63, 3.8) is 0 Å². The predicted octanol–water partition coefficient (Wildman–Crippen LogP) is 3.59. The summed E-state index contributed by atoms with van der Waals surface area (Å²) in [5.74, 6) is 1.78. The smallest absolute Gasteiger partial charge is 0.145 e. The molecule has 2 aromatic rings. The molecule has 0 aliphatic rings. The van der Waals surface area contributed by atoms with Gasteiger partial charge in [0.25, 0.3) is 0 Å². The molecule has 0 aliphatic carbocycles. The van der Waals surface area contributed by atoms with Crippen LogP contribution in [0.5, 0.6) is 0 Å². The van der Waals surface area contributed by atoms with E-state index in [1.165, 1.54) is 5.56 Å². The van der Waals surface area contributed by atoms with Crippen LogP contribution >= 0.6 is 11.8 Å². The number of hydrogen-bond acceptors (Lipinski definition) is 4. The zero-order valence-electron chi connectivity index (χ0n) is 10.5. The summed E-state index contributed by atoms with van der Waals surface area (Å²) in [6, 6.07) is 10.4. The minimum atomic E-state index is 0.856. The largest absolute Gasteiger partial charge is 0.369 e. The highest BCUT2D eigenvalue weighted by atomic mass is 32.2. The van der Waals surface area contributed by atoms with Crippen molar-refractivity contribution in [1.82, 2.24) is 9.97 Å². The molecule has 0 radical (unpaired) electrons. The topological polar surface area (TPSA) is 37.8 Å². The zero-order valence-corrected chi connectivity index (χ0v) is 11.3. The standard InChI is InChI=1S/C14H17N3S/c1-2-8-16-13-9-15-10-14(17-13)18-11-12-6-4-3-5-7-12/h3-7,9-10H,2,8,11H2,1H3,(H,16,17). The molecule has 94 valence electrons. The average molecular weight is 259 g/mol. The Balaban J connectivity index is 1.93. The molecule has 0 amide bonds. The van der Waals surface area contributed by atoms with Crippen LogP contribution in [0.3, 0.4) is 0 Å². The number of rotatable bonds is 6. The van der Waals surface area contributed by atoms with Crippen LogP contribution in [0.15, 0.2) is 47.8 Å². The van der Waals surface area contributed by atoms with Crippen LogP contribution in [0.1, 0.15) is 18.9 Å². The van der Waals surface area contributed by atoms with E-state index in [1.807, 2.05) is 12.3 Å². The van der Waals surface area contributed by atoms with Crippen molar-refractivity contribution in [2.24, 2.45) is 0 Å². The van der Waals surface area contributed by atoms with Gasteiger partial charge in [0.1, 0.15) is 10.8 Å². The van der Waals surface area contributed by atoms with Crippen molar-refractivity contribution in [2.45, 2.75) is 24.1 Å². The van der Waals surface area contributed by atoms with E-state index < -0.39 is 0 Å². The van der Waals surface area contributed by atoms with Crippen molar-refractivity contribution >= 4 is 17.6 Å². The molecule has 0 unspecified atom stereocenters. The Morgan fingerprint density at radius 3 is 2.78 bits per heavy atom. The Labute approximate surface area is 112 Å². The molecule has 1 aromatic carbocycles. The number of aromatic nitrogens is 2. The van der Waals surface area contributed by atoms with Gasteiger partial charge >= 0.3 is 0 Å². The lowest BCUT2D eigenvalue weighted by Crippen LogP contribution is -2.02. The van der Waals surface area contributed by atoms with Crippen molar-refractivity contribution < 1.29 is 0 Å². The molecule has 1 heterocycles. The van der Waals surface area contributed by atoms with E-state index in [0.717, 1.165) is 29.6 Å². The molecule has 2 rings (SSSR count). The first kappa shape index (κ1) is 12.9. The highest BCUT2D eigenvalue weighted by molar-refractivity contribution is 7.98. The van der Waals surface area contributed by atoms with Gasteiger partial charge in [0.05, 0.1) is 12.4 Å². The highest BCUT2D eigenvalue weighted by Gasteiger charge is 2.00. The summed E-state index contributed by atoms with van der Waals surface area (Å²) in [4.78, 5) is 8.72. The van der Waals surface area contributed by atoms with E-state index in [9.17, 15) is 0 Å². The molecular weight excluding hydrogens is 242 g/mol. The van der Waals surface area contributed by atoms with Gasteiger partial charge < -0.3 is 5.32 Å². The van der Waals surface area contributed by atoms with Gasteiger partial charge in [0, 0.05) is 12.3 Å². The molecule has 0 atom stereocenters. The molecule has 4 heteroatoms. The third kappa shape index (κ3) is 4.04. The SMILES string of the molecule is CCCNc1cncc(SCc2ccccc2)n1. The average Bonchev–Trinajstić information content (AvgIpc) is 2.44. The zero-order chi connectivity index (χ0) is 12.6. The minimum absolute atomic E-state index is 0.856. The summed E-state index contributed by atoms with van der Waals surface area (Å²) in [5.41, 5.74) is 1.30. The second kappa shape index (κ2) is 7.01. The number of thioether (sulfide) groups is 1. The number of anilines is 1. The molecule has 0 bridgehead atoms. The van der Waals surface area contributed by atoms with Gasteiger partial charge in [-0.05, 0) is 12.0 Å². The first-order valence-corrected chi connectivity index (χ1v) is 7.09. The van der Waals surface area contributed by atoms with Crippen LogP contribution in [0.2, 0.25) is 0 Å². The van der Waals surface area contributed by atoms with Crippen molar-refractivity contribution in [2.75, 3.05) is 11.9 Å². The molecule has 0 fully saturated rings. The summed E-state index contributed by atoms with van der Waals surface area (Å²) in [6.07, 6.45) is 4.66. The molecule has 1 N–H and O–H groups in total. The van der Waals surface area contributed by atoms with E-state index >= 15 is 0 Å². The van der Waals surface area contributed by atoms with Gasteiger partial charge in [-0.3, -0.25) is 4.98 Å². The number of nitrogens with zero attached hydrogens (tertiary/aromatic N) is 2. The van der Waals surface area contributed by atoms with E-state index in [-0.39, 0.29) is 0 Å². The monoisotopic (exact) mass is 259 g/mol. The lowest BCUT2D eigenvalue weighted by molar-refractivity contribution is 0.948. The fourth-order valence-corrected chi connectivity index (χ4v) is 2.29. The maximum absolute atomic E-state index is 4.51. The van der Waals surface area contributed by atoms with Crippen LogP contribution in [0.25, 0.3) is 0 Å². The van der Waals surface area contributed by atoms with E-state index in [0.29, 0.717) is 0 Å². The van der Waals surface area contributed by atoms with Gasteiger partial charge in [-0.15, -0.1) is 11.8 Å².